The molecule has 0 radical (unpaired) electrons. The molecule has 0 atom stereocenters. The van der Waals surface area contributed by atoms with Crippen LogP contribution in [0.4, 0.5) is 0 Å². The molecule has 8 heteroatoms. The second-order valence-electron chi connectivity index (χ2n) is 4.87. The minimum absolute atomic E-state index is 0. The average Bonchev–Trinajstić information content (AvgIpc) is 3.17. The Hall–Kier alpha value is -0.660. The highest BCUT2D eigenvalue weighted by molar-refractivity contribution is 7.20. The number of thiophene rings is 1. The summed E-state index contributed by atoms with van der Waals surface area (Å²) in [5.41, 5.74) is 0.585. The van der Waals surface area contributed by atoms with Crippen molar-refractivity contribution in [2.45, 2.75) is 18.9 Å². The van der Waals surface area contributed by atoms with E-state index in [0.29, 0.717) is 11.7 Å². The third-order valence-corrected chi connectivity index (χ3v) is 5.53. The number of carbonyl (C=O) groups is 1. The number of hydrogen-bond donors (Lipinski definition) is 1. The van der Waals surface area contributed by atoms with Crippen molar-refractivity contribution < 1.29 is 4.79 Å². The molecule has 0 saturated carbocycles. The van der Waals surface area contributed by atoms with Crippen molar-refractivity contribution in [2.24, 2.45) is 0 Å². The first-order chi connectivity index (χ1) is 9.78. The first-order valence-corrected chi connectivity index (χ1v) is 8.50. The maximum atomic E-state index is 12.4. The molecular weight excluding hydrogens is 361 g/mol. The number of nitrogens with zero attached hydrogens (tertiary/aromatic N) is 2. The van der Waals surface area contributed by atoms with E-state index in [2.05, 4.69) is 10.3 Å². The number of carbonyl (C=O) groups excluding carboxylic acids is 1. The molecule has 1 N–H and O–H groups in total. The molecule has 1 aliphatic heterocycles. The van der Waals surface area contributed by atoms with Gasteiger partial charge in [0.05, 0.1) is 4.88 Å². The third-order valence-electron chi connectivity index (χ3n) is 3.65. The van der Waals surface area contributed by atoms with Gasteiger partial charge in [0.1, 0.15) is 10.7 Å². The van der Waals surface area contributed by atoms with E-state index in [1.165, 1.54) is 0 Å². The summed E-state index contributed by atoms with van der Waals surface area (Å²) in [6.45, 7) is 1.63. The highest BCUT2D eigenvalue weighted by Crippen LogP contribution is 2.28. The van der Waals surface area contributed by atoms with Gasteiger partial charge in [-0.1, -0.05) is 6.07 Å². The summed E-state index contributed by atoms with van der Waals surface area (Å²) in [5, 5.41) is 8.12. The van der Waals surface area contributed by atoms with Gasteiger partial charge in [0, 0.05) is 24.5 Å². The maximum absolute atomic E-state index is 12.4. The van der Waals surface area contributed by atoms with Crippen molar-refractivity contribution in [1.82, 2.24) is 15.2 Å². The van der Waals surface area contributed by atoms with Crippen LogP contribution in [-0.2, 0) is 0 Å². The summed E-state index contributed by atoms with van der Waals surface area (Å²) in [5.74, 6) is 0.0682. The Morgan fingerprint density at radius 3 is 2.64 bits per heavy atom. The van der Waals surface area contributed by atoms with Gasteiger partial charge >= 0.3 is 0 Å². The minimum atomic E-state index is 0. The molecule has 1 fully saturated rings. The Kier molecular flexibility index (Phi) is 7.79. The van der Waals surface area contributed by atoms with Gasteiger partial charge in [0.2, 0.25) is 0 Å². The van der Waals surface area contributed by atoms with E-state index in [9.17, 15) is 4.79 Å². The zero-order chi connectivity index (χ0) is 13.9. The lowest BCUT2D eigenvalue weighted by atomic mass is 10.1. The lowest BCUT2D eigenvalue weighted by Gasteiger charge is -2.31. The average molecular weight is 380 g/mol. The fraction of sp³-hybridized carbons (Fsp3) is 0.429. The Morgan fingerprint density at radius 1 is 1.32 bits per heavy atom. The van der Waals surface area contributed by atoms with Crippen LogP contribution in [-0.4, -0.2) is 42.0 Å². The van der Waals surface area contributed by atoms with Gasteiger partial charge < -0.3 is 10.2 Å². The van der Waals surface area contributed by atoms with Crippen molar-refractivity contribution >= 4 is 53.4 Å². The van der Waals surface area contributed by atoms with Crippen LogP contribution in [0.2, 0.25) is 0 Å². The summed E-state index contributed by atoms with van der Waals surface area (Å²) in [6.07, 6.45) is 2.04. The Morgan fingerprint density at radius 2 is 2.05 bits per heavy atom. The predicted octanol–water partition coefficient (Wildman–Crippen LogP) is 3.54. The van der Waals surface area contributed by atoms with Gasteiger partial charge in [0.15, 0.2) is 0 Å². The van der Waals surface area contributed by atoms with E-state index in [4.69, 9.17) is 0 Å². The van der Waals surface area contributed by atoms with Crippen LogP contribution < -0.4 is 5.32 Å². The normalized spacial score (nSPS) is 15.0. The molecule has 22 heavy (non-hydrogen) atoms. The highest BCUT2D eigenvalue weighted by atomic mass is 35.5. The van der Waals surface area contributed by atoms with Gasteiger partial charge in [-0.25, -0.2) is 4.98 Å². The maximum Gasteiger partial charge on any atom is 0.273 e. The smallest absolute Gasteiger partial charge is 0.273 e. The molecule has 3 rings (SSSR count). The van der Waals surface area contributed by atoms with E-state index in [0.717, 1.165) is 35.8 Å². The molecular formula is C14H19Cl2N3OS2. The lowest BCUT2D eigenvalue weighted by Crippen LogP contribution is -2.44. The number of aromatic nitrogens is 1. The van der Waals surface area contributed by atoms with Crippen LogP contribution in [0.1, 0.15) is 23.3 Å². The molecule has 0 aliphatic carbocycles. The van der Waals surface area contributed by atoms with Crippen LogP contribution in [0.25, 0.3) is 9.88 Å². The molecule has 3 heterocycles. The van der Waals surface area contributed by atoms with Gasteiger partial charge in [0.25, 0.3) is 5.91 Å². The Bertz CT molecular complexity index is 581. The zero-order valence-electron chi connectivity index (χ0n) is 12.2. The number of halogens is 2. The van der Waals surface area contributed by atoms with E-state index in [1.54, 1.807) is 22.7 Å². The van der Waals surface area contributed by atoms with Crippen LogP contribution in [0, 0.1) is 0 Å². The van der Waals surface area contributed by atoms with Gasteiger partial charge in [-0.3, -0.25) is 4.79 Å². The second kappa shape index (κ2) is 8.84. The van der Waals surface area contributed by atoms with E-state index in [-0.39, 0.29) is 30.7 Å². The second-order valence-corrected chi connectivity index (χ2v) is 6.68. The van der Waals surface area contributed by atoms with E-state index >= 15 is 0 Å². The molecule has 1 saturated heterocycles. The third kappa shape index (κ3) is 4.20. The van der Waals surface area contributed by atoms with Crippen molar-refractivity contribution in [3.05, 3.63) is 28.6 Å². The Labute approximate surface area is 150 Å². The minimum Gasteiger partial charge on any atom is -0.337 e. The van der Waals surface area contributed by atoms with Crippen molar-refractivity contribution in [2.75, 3.05) is 20.1 Å². The first kappa shape index (κ1) is 19.4. The highest BCUT2D eigenvalue weighted by Gasteiger charge is 2.24. The molecule has 1 amide bonds. The molecule has 0 spiro atoms. The summed E-state index contributed by atoms with van der Waals surface area (Å²) in [7, 11) is 1.98. The number of hydrogen-bond acceptors (Lipinski definition) is 5. The molecule has 0 unspecified atom stereocenters. The van der Waals surface area contributed by atoms with Crippen LogP contribution in [0.5, 0.6) is 0 Å². The predicted molar refractivity (Wildman–Crippen MR) is 97.9 cm³/mol. The van der Waals surface area contributed by atoms with Crippen LogP contribution >= 0.6 is 47.5 Å². The number of thiazole rings is 1. The van der Waals surface area contributed by atoms with E-state index < -0.39 is 0 Å². The molecule has 2 aromatic heterocycles. The number of piperidine rings is 1. The van der Waals surface area contributed by atoms with Gasteiger partial charge in [-0.05, 0) is 31.3 Å². The van der Waals surface area contributed by atoms with Crippen molar-refractivity contribution in [3.63, 3.8) is 0 Å². The SMILES string of the molecule is CNC1CCN(C(=O)c2csc(-c3cccs3)n2)CC1.Cl.Cl. The van der Waals surface area contributed by atoms with Gasteiger partial charge in [-0.2, -0.15) is 0 Å². The first-order valence-electron chi connectivity index (χ1n) is 6.74. The summed E-state index contributed by atoms with van der Waals surface area (Å²) >= 11 is 3.20. The lowest BCUT2D eigenvalue weighted by molar-refractivity contribution is 0.0702. The summed E-state index contributed by atoms with van der Waals surface area (Å²) < 4.78 is 0. The fourth-order valence-corrected chi connectivity index (χ4v) is 4.03. The molecule has 0 bridgehead atoms. The Balaban J connectivity index is 0.00000121. The fourth-order valence-electron chi connectivity index (χ4n) is 2.42. The number of rotatable bonds is 3. The van der Waals surface area contributed by atoms with Crippen molar-refractivity contribution in [1.29, 1.82) is 0 Å². The quantitative estimate of drug-likeness (QED) is 0.886. The molecule has 122 valence electrons. The van der Waals surface area contributed by atoms with Crippen LogP contribution in [0.15, 0.2) is 22.9 Å². The topological polar surface area (TPSA) is 45.2 Å². The van der Waals surface area contributed by atoms with Crippen molar-refractivity contribution in [3.8, 4) is 9.88 Å². The largest absolute Gasteiger partial charge is 0.337 e. The molecule has 0 aromatic carbocycles. The number of likely N-dealkylation sites (tertiary alicyclic amines) is 1. The summed E-state index contributed by atoms with van der Waals surface area (Å²) in [4.78, 5) is 20.0. The molecule has 4 nitrogen and oxygen atoms in total. The monoisotopic (exact) mass is 379 g/mol. The standard InChI is InChI=1S/C14H17N3OS2.2ClH/c1-15-10-4-6-17(7-5-10)14(18)11-9-20-13(16-11)12-3-2-8-19-12;;/h2-3,8-10,15H,4-7H2,1H3;2*1H. The summed E-state index contributed by atoms with van der Waals surface area (Å²) in [6, 6.07) is 4.58. The zero-order valence-corrected chi connectivity index (χ0v) is 15.4. The molecule has 1 aliphatic rings. The van der Waals surface area contributed by atoms with Gasteiger partial charge in [-0.15, -0.1) is 47.5 Å². The van der Waals surface area contributed by atoms with Crippen LogP contribution in [0.3, 0.4) is 0 Å². The molecule has 2 aromatic rings. The van der Waals surface area contributed by atoms with E-state index in [1.807, 2.05) is 34.8 Å². The number of amides is 1. The number of nitrogens with one attached hydrogen (secondary N) is 1.